The zero-order valence-electron chi connectivity index (χ0n) is 21.7. The Hall–Kier alpha value is -2.85. The Morgan fingerprint density at radius 3 is 2.61 bits per heavy atom. The van der Waals surface area contributed by atoms with Gasteiger partial charge in [0.05, 0.1) is 13.0 Å². The van der Waals surface area contributed by atoms with Crippen molar-refractivity contribution in [1.82, 2.24) is 15.5 Å². The Labute approximate surface area is 219 Å². The Morgan fingerprint density at radius 2 is 2.00 bits per heavy atom. The molecule has 3 fully saturated rings. The first-order valence-corrected chi connectivity index (χ1v) is 13.4. The number of ether oxygens (including phenoxy) is 1. The van der Waals surface area contributed by atoms with Crippen LogP contribution in [0.1, 0.15) is 69.7 Å². The highest BCUT2D eigenvalue weighted by atomic mass is 19.4. The van der Waals surface area contributed by atoms with Crippen LogP contribution in [0, 0.1) is 23.6 Å². The molecule has 5 rings (SSSR count). The molecule has 2 heterocycles. The van der Waals surface area contributed by atoms with Crippen molar-refractivity contribution in [2.24, 2.45) is 17.8 Å². The highest BCUT2D eigenvalue weighted by Crippen LogP contribution is 2.50. The molecule has 1 aromatic heterocycles. The fourth-order valence-corrected chi connectivity index (χ4v) is 5.47. The first-order valence-electron chi connectivity index (χ1n) is 13.4. The molecule has 0 spiro atoms. The molecular formula is C27H34F4N4O3. The van der Waals surface area contributed by atoms with Crippen molar-refractivity contribution in [3.8, 4) is 5.75 Å². The van der Waals surface area contributed by atoms with Crippen molar-refractivity contribution in [1.29, 1.82) is 0 Å². The molecular weight excluding hydrogens is 504 g/mol. The molecule has 11 heteroatoms. The summed E-state index contributed by atoms with van der Waals surface area (Å²) in [5.41, 5.74) is -2.10. The van der Waals surface area contributed by atoms with Gasteiger partial charge in [-0.05, 0) is 67.9 Å². The quantitative estimate of drug-likeness (QED) is 0.408. The van der Waals surface area contributed by atoms with Crippen LogP contribution in [0.3, 0.4) is 0 Å². The molecule has 1 aliphatic heterocycles. The minimum absolute atomic E-state index is 0.0439. The lowest BCUT2D eigenvalue weighted by molar-refractivity contribution is -0.170. The smallest absolute Gasteiger partial charge is 0.411 e. The number of hydrogen-bond donors (Lipinski definition) is 1. The van der Waals surface area contributed by atoms with Gasteiger partial charge in [0.25, 0.3) is 0 Å². The number of rotatable bonds is 10. The number of piperidine rings is 1. The van der Waals surface area contributed by atoms with Gasteiger partial charge < -0.3 is 19.5 Å². The summed E-state index contributed by atoms with van der Waals surface area (Å²) in [6, 6.07) is 4.77. The van der Waals surface area contributed by atoms with Crippen LogP contribution in [0.25, 0.3) is 0 Å². The van der Waals surface area contributed by atoms with E-state index in [0.717, 1.165) is 38.2 Å². The predicted molar refractivity (Wildman–Crippen MR) is 131 cm³/mol. The summed E-state index contributed by atoms with van der Waals surface area (Å²) < 4.78 is 64.7. The van der Waals surface area contributed by atoms with E-state index in [9.17, 15) is 22.4 Å². The number of amides is 1. The average Bonchev–Trinajstić information content (AvgIpc) is 3.77. The highest BCUT2D eigenvalue weighted by Gasteiger charge is 2.64. The van der Waals surface area contributed by atoms with E-state index in [1.807, 2.05) is 19.2 Å². The number of halogens is 4. The summed E-state index contributed by atoms with van der Waals surface area (Å²) in [4.78, 5) is 18.7. The minimum Gasteiger partial charge on any atom is -0.493 e. The minimum atomic E-state index is -4.50. The van der Waals surface area contributed by atoms with Crippen LogP contribution in [0.2, 0.25) is 0 Å². The van der Waals surface area contributed by atoms with Gasteiger partial charge in [-0.25, -0.2) is 4.39 Å². The Bertz CT molecular complexity index is 1140. The fraction of sp³-hybridized carbons (Fsp3) is 0.667. The molecule has 38 heavy (non-hydrogen) atoms. The van der Waals surface area contributed by atoms with Crippen molar-refractivity contribution >= 4 is 11.9 Å². The normalized spacial score (nSPS) is 23.0. The summed E-state index contributed by atoms with van der Waals surface area (Å²) in [6.07, 6.45) is -0.986. The van der Waals surface area contributed by atoms with Crippen LogP contribution in [-0.2, 0) is 11.2 Å². The SMILES string of the molecule is CC(C)c1noc(N2CCC([C@H]3CC3CCOc3ccc(CC(=O)NC4(C(F)(F)F)CC4)c(F)c3)CC2)n1. The number of carbonyl (C=O) groups excluding carboxylic acids is 1. The molecule has 2 saturated carbocycles. The summed E-state index contributed by atoms with van der Waals surface area (Å²) in [5, 5.41) is 6.08. The van der Waals surface area contributed by atoms with Crippen molar-refractivity contribution in [2.45, 2.75) is 76.4 Å². The highest BCUT2D eigenvalue weighted by molar-refractivity contribution is 5.80. The third kappa shape index (κ3) is 5.91. The van der Waals surface area contributed by atoms with E-state index in [4.69, 9.17) is 9.26 Å². The molecule has 2 aromatic rings. The standard InChI is InChI=1S/C27H34F4N4O3/c1-16(2)24-32-25(38-34-24)35-10-5-17(6-11-35)21-13-18(21)7-12-37-20-4-3-19(22(28)15-20)14-23(36)33-26(8-9-26)27(29,30)31/h3-4,15-18,21H,5-14H2,1-2H3,(H,33,36)/t18?,21-/m1/s1. The van der Waals surface area contributed by atoms with E-state index < -0.39 is 29.9 Å². The molecule has 1 aromatic carbocycles. The van der Waals surface area contributed by atoms with Crippen molar-refractivity contribution in [3.63, 3.8) is 0 Å². The second kappa shape index (κ2) is 10.4. The van der Waals surface area contributed by atoms with Gasteiger partial charge >= 0.3 is 12.2 Å². The average molecular weight is 539 g/mol. The fourth-order valence-electron chi connectivity index (χ4n) is 5.47. The number of anilines is 1. The molecule has 2 aliphatic carbocycles. The van der Waals surface area contributed by atoms with Gasteiger partial charge in [0.1, 0.15) is 17.1 Å². The maximum atomic E-state index is 14.5. The lowest BCUT2D eigenvalue weighted by atomic mass is 9.90. The first kappa shape index (κ1) is 26.7. The van der Waals surface area contributed by atoms with Gasteiger partial charge in [-0.2, -0.15) is 18.2 Å². The zero-order chi connectivity index (χ0) is 27.1. The predicted octanol–water partition coefficient (Wildman–Crippen LogP) is 5.41. The number of aromatic nitrogens is 2. The molecule has 1 amide bonds. The molecule has 3 aliphatic rings. The number of nitrogens with zero attached hydrogens (tertiary/aromatic N) is 3. The summed E-state index contributed by atoms with van der Waals surface area (Å²) >= 11 is 0. The number of hydrogen-bond acceptors (Lipinski definition) is 6. The Morgan fingerprint density at radius 1 is 1.26 bits per heavy atom. The maximum absolute atomic E-state index is 14.5. The third-order valence-electron chi connectivity index (χ3n) is 8.14. The topological polar surface area (TPSA) is 80.5 Å². The van der Waals surface area contributed by atoms with Gasteiger partial charge in [0.15, 0.2) is 5.82 Å². The first-order chi connectivity index (χ1) is 18.0. The van der Waals surface area contributed by atoms with E-state index in [-0.39, 0.29) is 24.3 Å². The van der Waals surface area contributed by atoms with Crippen LogP contribution in [0.4, 0.5) is 23.6 Å². The summed E-state index contributed by atoms with van der Waals surface area (Å²) in [6.45, 7) is 6.36. The second-order valence-corrected chi connectivity index (χ2v) is 11.3. The van der Waals surface area contributed by atoms with Gasteiger partial charge in [-0.1, -0.05) is 25.1 Å². The molecule has 0 radical (unpaired) electrons. The van der Waals surface area contributed by atoms with Crippen molar-refractivity contribution in [3.05, 3.63) is 35.4 Å². The van der Waals surface area contributed by atoms with E-state index in [0.29, 0.717) is 36.1 Å². The van der Waals surface area contributed by atoms with E-state index in [2.05, 4.69) is 15.0 Å². The number of benzene rings is 1. The number of carbonyl (C=O) groups is 1. The Kier molecular flexibility index (Phi) is 7.30. The van der Waals surface area contributed by atoms with Gasteiger partial charge in [0, 0.05) is 25.1 Å². The molecule has 1 unspecified atom stereocenters. The van der Waals surface area contributed by atoms with E-state index in [1.165, 1.54) is 18.6 Å². The zero-order valence-corrected chi connectivity index (χ0v) is 21.7. The number of alkyl halides is 3. The lowest BCUT2D eigenvalue weighted by Gasteiger charge is -2.30. The van der Waals surface area contributed by atoms with Crippen molar-refractivity contribution < 1.29 is 31.6 Å². The third-order valence-corrected chi connectivity index (χ3v) is 8.14. The van der Waals surface area contributed by atoms with Crippen LogP contribution in [0.5, 0.6) is 5.75 Å². The van der Waals surface area contributed by atoms with Crippen LogP contribution < -0.4 is 15.0 Å². The lowest BCUT2D eigenvalue weighted by Crippen LogP contribution is -2.48. The number of nitrogens with one attached hydrogen (secondary N) is 1. The van der Waals surface area contributed by atoms with Gasteiger partial charge in [-0.3, -0.25) is 4.79 Å². The molecule has 2 atom stereocenters. The second-order valence-electron chi connectivity index (χ2n) is 11.3. The monoisotopic (exact) mass is 538 g/mol. The van der Waals surface area contributed by atoms with Crippen LogP contribution >= 0.6 is 0 Å². The molecule has 0 bridgehead atoms. The van der Waals surface area contributed by atoms with E-state index >= 15 is 0 Å². The summed E-state index contributed by atoms with van der Waals surface area (Å²) in [5.74, 6) is 1.77. The van der Waals surface area contributed by atoms with Crippen molar-refractivity contribution in [2.75, 3.05) is 24.6 Å². The molecule has 1 N–H and O–H groups in total. The van der Waals surface area contributed by atoms with Gasteiger partial charge in [0.2, 0.25) is 5.91 Å². The largest absolute Gasteiger partial charge is 0.493 e. The van der Waals surface area contributed by atoms with Crippen LogP contribution in [0.15, 0.2) is 22.7 Å². The molecule has 208 valence electrons. The maximum Gasteiger partial charge on any atom is 0.411 e. The summed E-state index contributed by atoms with van der Waals surface area (Å²) in [7, 11) is 0. The van der Waals surface area contributed by atoms with Crippen LogP contribution in [-0.4, -0.2) is 47.5 Å². The Balaban J connectivity index is 1.02. The molecule has 7 nitrogen and oxygen atoms in total. The van der Waals surface area contributed by atoms with E-state index in [1.54, 1.807) is 6.07 Å². The molecule has 1 saturated heterocycles. The van der Waals surface area contributed by atoms with Gasteiger partial charge in [-0.15, -0.1) is 0 Å².